The maximum absolute atomic E-state index is 13.9. The summed E-state index contributed by atoms with van der Waals surface area (Å²) in [6.45, 7) is 5.02. The SMILES string of the molecule is CCCCCCCCCC(NCC)c1ccc(F)cc1F. The minimum absolute atomic E-state index is 0.00811. The molecule has 0 saturated heterocycles. The Morgan fingerprint density at radius 3 is 2.24 bits per heavy atom. The van der Waals surface area contributed by atoms with Gasteiger partial charge in [0.05, 0.1) is 0 Å². The smallest absolute Gasteiger partial charge is 0.130 e. The van der Waals surface area contributed by atoms with Crippen LogP contribution in [0.1, 0.15) is 76.8 Å². The zero-order chi connectivity index (χ0) is 15.5. The molecule has 0 fully saturated rings. The number of hydrogen-bond donors (Lipinski definition) is 1. The second-order valence-corrected chi connectivity index (χ2v) is 5.69. The lowest BCUT2D eigenvalue weighted by Gasteiger charge is -2.19. The van der Waals surface area contributed by atoms with Crippen LogP contribution < -0.4 is 5.32 Å². The monoisotopic (exact) mass is 297 g/mol. The maximum atomic E-state index is 13.9. The van der Waals surface area contributed by atoms with Crippen LogP contribution in [0.15, 0.2) is 18.2 Å². The van der Waals surface area contributed by atoms with E-state index in [2.05, 4.69) is 12.2 Å². The summed E-state index contributed by atoms with van der Waals surface area (Å²) in [4.78, 5) is 0. The molecule has 1 nitrogen and oxygen atoms in total. The fourth-order valence-corrected chi connectivity index (χ4v) is 2.70. The fourth-order valence-electron chi connectivity index (χ4n) is 2.70. The quantitative estimate of drug-likeness (QED) is 0.512. The Morgan fingerprint density at radius 2 is 1.62 bits per heavy atom. The van der Waals surface area contributed by atoms with Crippen LogP contribution in [0.4, 0.5) is 8.78 Å². The molecule has 0 aliphatic carbocycles. The van der Waals surface area contributed by atoms with Crippen LogP contribution in [0, 0.1) is 11.6 Å². The fraction of sp³-hybridized carbons (Fsp3) is 0.667. The molecule has 0 heterocycles. The third kappa shape index (κ3) is 7.03. The lowest BCUT2D eigenvalue weighted by Crippen LogP contribution is -2.22. The van der Waals surface area contributed by atoms with Crippen LogP contribution >= 0.6 is 0 Å². The van der Waals surface area contributed by atoms with Gasteiger partial charge in [-0.1, -0.05) is 64.9 Å². The topological polar surface area (TPSA) is 12.0 Å². The van der Waals surface area contributed by atoms with E-state index in [-0.39, 0.29) is 6.04 Å². The van der Waals surface area contributed by atoms with E-state index in [9.17, 15) is 8.78 Å². The van der Waals surface area contributed by atoms with E-state index in [1.807, 2.05) is 6.92 Å². The van der Waals surface area contributed by atoms with Crippen LogP contribution in [0.3, 0.4) is 0 Å². The summed E-state index contributed by atoms with van der Waals surface area (Å²) in [5.41, 5.74) is 0.587. The summed E-state index contributed by atoms with van der Waals surface area (Å²) >= 11 is 0. The molecule has 0 spiro atoms. The Labute approximate surface area is 128 Å². The molecular formula is C18H29F2N. The van der Waals surface area contributed by atoms with Gasteiger partial charge >= 0.3 is 0 Å². The average molecular weight is 297 g/mol. The Morgan fingerprint density at radius 1 is 0.952 bits per heavy atom. The third-order valence-corrected chi connectivity index (χ3v) is 3.88. The van der Waals surface area contributed by atoms with Crippen molar-refractivity contribution in [3.8, 4) is 0 Å². The standard InChI is InChI=1S/C18H29F2N/c1-3-5-6-7-8-9-10-11-18(21-4-2)16-13-12-15(19)14-17(16)20/h12-14,18,21H,3-11H2,1-2H3. The normalized spacial score (nSPS) is 12.6. The Balaban J connectivity index is 2.39. The summed E-state index contributed by atoms with van der Waals surface area (Å²) in [5.74, 6) is -0.952. The molecule has 21 heavy (non-hydrogen) atoms. The molecule has 0 radical (unpaired) electrons. The molecule has 1 aromatic carbocycles. The predicted molar refractivity (Wildman–Crippen MR) is 85.4 cm³/mol. The van der Waals surface area contributed by atoms with Gasteiger partial charge in [-0.05, 0) is 19.0 Å². The van der Waals surface area contributed by atoms with E-state index in [1.54, 1.807) is 6.07 Å². The molecule has 0 aromatic heterocycles. The molecular weight excluding hydrogens is 268 g/mol. The summed E-state index contributed by atoms with van der Waals surface area (Å²) in [6.07, 6.45) is 9.64. The lowest BCUT2D eigenvalue weighted by molar-refractivity contribution is 0.454. The van der Waals surface area contributed by atoms with Gasteiger partial charge in [0.25, 0.3) is 0 Å². The lowest BCUT2D eigenvalue weighted by atomic mass is 9.99. The maximum Gasteiger partial charge on any atom is 0.130 e. The molecule has 0 bridgehead atoms. The van der Waals surface area contributed by atoms with Gasteiger partial charge in [-0.15, -0.1) is 0 Å². The van der Waals surface area contributed by atoms with E-state index in [0.717, 1.165) is 25.5 Å². The van der Waals surface area contributed by atoms with Crippen molar-refractivity contribution in [1.29, 1.82) is 0 Å². The molecule has 1 atom stereocenters. The van der Waals surface area contributed by atoms with Gasteiger partial charge in [-0.2, -0.15) is 0 Å². The van der Waals surface area contributed by atoms with Gasteiger partial charge in [0.1, 0.15) is 11.6 Å². The number of nitrogens with one attached hydrogen (secondary N) is 1. The van der Waals surface area contributed by atoms with E-state index in [0.29, 0.717) is 5.56 Å². The number of rotatable bonds is 11. The zero-order valence-electron chi connectivity index (χ0n) is 13.4. The summed E-state index contributed by atoms with van der Waals surface area (Å²) in [5, 5.41) is 3.31. The molecule has 0 aliphatic heterocycles. The Hall–Kier alpha value is -0.960. The Bertz CT molecular complexity index is 393. The van der Waals surface area contributed by atoms with Crippen molar-refractivity contribution in [3.05, 3.63) is 35.4 Å². The number of halogens is 2. The van der Waals surface area contributed by atoms with E-state index >= 15 is 0 Å². The van der Waals surface area contributed by atoms with Gasteiger partial charge in [0.15, 0.2) is 0 Å². The average Bonchev–Trinajstić information content (AvgIpc) is 2.45. The van der Waals surface area contributed by atoms with Crippen molar-refractivity contribution in [2.75, 3.05) is 6.54 Å². The third-order valence-electron chi connectivity index (χ3n) is 3.88. The number of unbranched alkanes of at least 4 members (excludes halogenated alkanes) is 6. The highest BCUT2D eigenvalue weighted by atomic mass is 19.1. The molecule has 0 amide bonds. The summed E-state index contributed by atoms with van der Waals surface area (Å²) in [7, 11) is 0. The minimum atomic E-state index is -0.512. The number of hydrogen-bond acceptors (Lipinski definition) is 1. The van der Waals surface area contributed by atoms with Gasteiger partial charge in [-0.25, -0.2) is 8.78 Å². The molecule has 3 heteroatoms. The molecule has 1 aromatic rings. The van der Waals surface area contributed by atoms with E-state index < -0.39 is 11.6 Å². The first-order valence-electron chi connectivity index (χ1n) is 8.37. The molecule has 1 rings (SSSR count). The van der Waals surface area contributed by atoms with Gasteiger partial charge < -0.3 is 5.32 Å². The molecule has 1 N–H and O–H groups in total. The van der Waals surface area contributed by atoms with E-state index in [1.165, 1.54) is 44.6 Å². The minimum Gasteiger partial charge on any atom is -0.310 e. The van der Waals surface area contributed by atoms with E-state index in [4.69, 9.17) is 0 Å². The van der Waals surface area contributed by atoms with Crippen molar-refractivity contribution in [3.63, 3.8) is 0 Å². The Kier molecular flexibility index (Phi) is 9.24. The summed E-state index contributed by atoms with van der Waals surface area (Å²) in [6, 6.07) is 3.88. The van der Waals surface area contributed by atoms with Crippen molar-refractivity contribution < 1.29 is 8.78 Å². The van der Waals surface area contributed by atoms with Crippen molar-refractivity contribution in [2.45, 2.75) is 71.3 Å². The summed E-state index contributed by atoms with van der Waals surface area (Å²) < 4.78 is 26.8. The molecule has 120 valence electrons. The van der Waals surface area contributed by atoms with Crippen molar-refractivity contribution in [1.82, 2.24) is 5.32 Å². The van der Waals surface area contributed by atoms with Crippen molar-refractivity contribution >= 4 is 0 Å². The van der Waals surface area contributed by atoms with Gasteiger partial charge in [0, 0.05) is 17.7 Å². The predicted octanol–water partition coefficient (Wildman–Crippen LogP) is 5.76. The van der Waals surface area contributed by atoms with Crippen LogP contribution in [-0.2, 0) is 0 Å². The highest BCUT2D eigenvalue weighted by Gasteiger charge is 2.14. The first-order chi connectivity index (χ1) is 10.2. The van der Waals surface area contributed by atoms with Crippen LogP contribution in [-0.4, -0.2) is 6.54 Å². The van der Waals surface area contributed by atoms with Crippen LogP contribution in [0.2, 0.25) is 0 Å². The molecule has 0 aliphatic rings. The highest BCUT2D eigenvalue weighted by Crippen LogP contribution is 2.23. The van der Waals surface area contributed by atoms with Gasteiger partial charge in [-0.3, -0.25) is 0 Å². The van der Waals surface area contributed by atoms with Crippen LogP contribution in [0.25, 0.3) is 0 Å². The van der Waals surface area contributed by atoms with Crippen LogP contribution in [0.5, 0.6) is 0 Å². The molecule has 1 unspecified atom stereocenters. The molecule has 0 saturated carbocycles. The largest absolute Gasteiger partial charge is 0.310 e. The first kappa shape index (κ1) is 18.1. The highest BCUT2D eigenvalue weighted by molar-refractivity contribution is 5.22. The second-order valence-electron chi connectivity index (χ2n) is 5.69. The second kappa shape index (κ2) is 10.7. The first-order valence-corrected chi connectivity index (χ1v) is 8.37. The van der Waals surface area contributed by atoms with Crippen molar-refractivity contribution in [2.24, 2.45) is 0 Å². The number of benzene rings is 1. The zero-order valence-corrected chi connectivity index (χ0v) is 13.4. The van der Waals surface area contributed by atoms with Gasteiger partial charge in [0.2, 0.25) is 0 Å².